The van der Waals surface area contributed by atoms with Gasteiger partial charge in [0.25, 0.3) is 15.9 Å². The largest absolute Gasteiger partial charge is 0.497 e. The molecule has 0 unspecified atom stereocenters. The van der Waals surface area contributed by atoms with Gasteiger partial charge in [0, 0.05) is 24.7 Å². The first-order valence-corrected chi connectivity index (χ1v) is 10.1. The predicted molar refractivity (Wildman–Crippen MR) is 102 cm³/mol. The van der Waals surface area contributed by atoms with Gasteiger partial charge in [-0.3, -0.25) is 9.52 Å². The molecule has 0 saturated carbocycles. The van der Waals surface area contributed by atoms with E-state index in [0.29, 0.717) is 30.2 Å². The lowest BCUT2D eigenvalue weighted by Gasteiger charge is -2.16. The Morgan fingerprint density at radius 1 is 1.04 bits per heavy atom. The van der Waals surface area contributed by atoms with Gasteiger partial charge in [-0.2, -0.15) is 0 Å². The van der Waals surface area contributed by atoms with Gasteiger partial charge in [-0.05, 0) is 43.2 Å². The molecule has 144 valence electrons. The van der Waals surface area contributed by atoms with Crippen LogP contribution in [-0.4, -0.2) is 46.5 Å². The summed E-state index contributed by atoms with van der Waals surface area (Å²) in [5, 5.41) is 0. The van der Waals surface area contributed by atoms with Crippen LogP contribution >= 0.6 is 0 Å². The van der Waals surface area contributed by atoms with Crippen LogP contribution in [-0.2, 0) is 10.0 Å². The van der Waals surface area contributed by atoms with E-state index in [-0.39, 0.29) is 16.5 Å². The predicted octanol–water partition coefficient (Wildman–Crippen LogP) is 2.74. The smallest absolute Gasteiger partial charge is 0.262 e. The van der Waals surface area contributed by atoms with Crippen LogP contribution < -0.4 is 14.2 Å². The maximum Gasteiger partial charge on any atom is 0.262 e. The number of rotatable bonds is 6. The molecule has 27 heavy (non-hydrogen) atoms. The van der Waals surface area contributed by atoms with Crippen LogP contribution in [0.4, 0.5) is 5.69 Å². The Balaban J connectivity index is 1.87. The van der Waals surface area contributed by atoms with Gasteiger partial charge >= 0.3 is 0 Å². The van der Waals surface area contributed by atoms with Crippen molar-refractivity contribution in [1.29, 1.82) is 0 Å². The fourth-order valence-corrected chi connectivity index (χ4v) is 4.10. The molecule has 1 amide bonds. The third-order valence-electron chi connectivity index (χ3n) is 4.44. The van der Waals surface area contributed by atoms with E-state index in [1.54, 1.807) is 35.2 Å². The fourth-order valence-electron chi connectivity index (χ4n) is 2.99. The maximum absolute atomic E-state index is 12.8. The van der Waals surface area contributed by atoms with Gasteiger partial charge in [0.15, 0.2) is 0 Å². The quantitative estimate of drug-likeness (QED) is 0.820. The number of ether oxygens (including phenoxy) is 2. The molecule has 2 aromatic rings. The molecular formula is C19H22N2O5S. The van der Waals surface area contributed by atoms with Crippen molar-refractivity contribution in [3.8, 4) is 11.5 Å². The maximum atomic E-state index is 12.8. The summed E-state index contributed by atoms with van der Waals surface area (Å²) in [6, 6.07) is 10.8. The minimum absolute atomic E-state index is 0.0189. The highest BCUT2D eigenvalue weighted by atomic mass is 32.2. The summed E-state index contributed by atoms with van der Waals surface area (Å²) in [6.45, 7) is 1.41. The van der Waals surface area contributed by atoms with Crippen molar-refractivity contribution in [2.45, 2.75) is 17.7 Å². The first-order valence-electron chi connectivity index (χ1n) is 8.59. The summed E-state index contributed by atoms with van der Waals surface area (Å²) in [5.74, 6) is 0.738. The number of carbonyl (C=O) groups is 1. The molecular weight excluding hydrogens is 368 g/mol. The standard InChI is InChI=1S/C19H22N2O5S/c1-25-15-8-9-17(18(13-15)26-2)20-27(23,24)16-7-5-6-14(12-16)19(22)21-10-3-4-11-21/h5-9,12-13,20H,3-4,10-11H2,1-2H3. The van der Waals surface area contributed by atoms with Crippen molar-refractivity contribution in [2.75, 3.05) is 32.0 Å². The van der Waals surface area contributed by atoms with E-state index in [1.165, 1.54) is 26.4 Å². The third kappa shape index (κ3) is 4.16. The minimum atomic E-state index is -3.89. The molecule has 0 spiro atoms. The van der Waals surface area contributed by atoms with Crippen LogP contribution in [0.1, 0.15) is 23.2 Å². The summed E-state index contributed by atoms with van der Waals surface area (Å²) in [6.07, 6.45) is 1.95. The molecule has 0 aromatic heterocycles. The topological polar surface area (TPSA) is 84.9 Å². The highest BCUT2D eigenvalue weighted by Gasteiger charge is 2.22. The van der Waals surface area contributed by atoms with Crippen molar-refractivity contribution >= 4 is 21.6 Å². The zero-order chi connectivity index (χ0) is 19.4. The van der Waals surface area contributed by atoms with E-state index in [9.17, 15) is 13.2 Å². The van der Waals surface area contributed by atoms with Crippen LogP contribution in [0, 0.1) is 0 Å². The molecule has 7 nitrogen and oxygen atoms in total. The molecule has 1 fully saturated rings. The number of hydrogen-bond donors (Lipinski definition) is 1. The molecule has 0 aliphatic carbocycles. The van der Waals surface area contributed by atoms with E-state index in [1.807, 2.05) is 0 Å². The number of nitrogens with zero attached hydrogens (tertiary/aromatic N) is 1. The number of amides is 1. The second-order valence-corrected chi connectivity index (χ2v) is 7.88. The van der Waals surface area contributed by atoms with Crippen molar-refractivity contribution in [2.24, 2.45) is 0 Å². The Hall–Kier alpha value is -2.74. The second-order valence-electron chi connectivity index (χ2n) is 6.20. The Kier molecular flexibility index (Phi) is 5.55. The van der Waals surface area contributed by atoms with Crippen LogP contribution in [0.15, 0.2) is 47.4 Å². The van der Waals surface area contributed by atoms with Crippen LogP contribution in [0.3, 0.4) is 0 Å². The molecule has 0 radical (unpaired) electrons. The number of nitrogens with one attached hydrogen (secondary N) is 1. The summed E-state index contributed by atoms with van der Waals surface area (Å²) < 4.78 is 38.5. The number of carbonyl (C=O) groups excluding carboxylic acids is 1. The van der Waals surface area contributed by atoms with Crippen LogP contribution in [0.5, 0.6) is 11.5 Å². The molecule has 1 N–H and O–H groups in total. The molecule has 2 aromatic carbocycles. The highest BCUT2D eigenvalue weighted by Crippen LogP contribution is 2.31. The average molecular weight is 390 g/mol. The number of methoxy groups -OCH3 is 2. The van der Waals surface area contributed by atoms with E-state index in [0.717, 1.165) is 12.8 Å². The summed E-state index contributed by atoms with van der Waals surface area (Å²) in [7, 11) is -0.925. The van der Waals surface area contributed by atoms with Crippen molar-refractivity contribution in [3.63, 3.8) is 0 Å². The van der Waals surface area contributed by atoms with Gasteiger partial charge in [-0.15, -0.1) is 0 Å². The summed E-state index contributed by atoms with van der Waals surface area (Å²) in [4.78, 5) is 14.3. The Morgan fingerprint density at radius 3 is 2.44 bits per heavy atom. The van der Waals surface area contributed by atoms with E-state index < -0.39 is 10.0 Å². The molecule has 0 bridgehead atoms. The Morgan fingerprint density at radius 2 is 1.78 bits per heavy atom. The molecule has 0 atom stereocenters. The molecule has 1 aliphatic heterocycles. The van der Waals surface area contributed by atoms with Crippen molar-refractivity contribution < 1.29 is 22.7 Å². The van der Waals surface area contributed by atoms with Gasteiger partial charge in [0.1, 0.15) is 11.5 Å². The normalized spacial score (nSPS) is 14.1. The number of hydrogen-bond acceptors (Lipinski definition) is 5. The number of likely N-dealkylation sites (tertiary alicyclic amines) is 1. The van der Waals surface area contributed by atoms with Crippen LogP contribution in [0.2, 0.25) is 0 Å². The lowest BCUT2D eigenvalue weighted by molar-refractivity contribution is 0.0792. The van der Waals surface area contributed by atoms with Gasteiger partial charge in [0.05, 0.1) is 24.8 Å². The Bertz CT molecular complexity index is 937. The Labute approximate surface area is 158 Å². The van der Waals surface area contributed by atoms with Crippen LogP contribution in [0.25, 0.3) is 0 Å². The third-order valence-corrected chi connectivity index (χ3v) is 5.80. The van der Waals surface area contributed by atoms with Gasteiger partial charge < -0.3 is 14.4 Å². The molecule has 3 rings (SSSR count). The van der Waals surface area contributed by atoms with E-state index >= 15 is 0 Å². The number of sulfonamides is 1. The lowest BCUT2D eigenvalue weighted by Crippen LogP contribution is -2.27. The number of anilines is 1. The molecule has 1 heterocycles. The highest BCUT2D eigenvalue weighted by molar-refractivity contribution is 7.92. The molecule has 1 aliphatic rings. The summed E-state index contributed by atoms with van der Waals surface area (Å²) >= 11 is 0. The number of benzene rings is 2. The van der Waals surface area contributed by atoms with E-state index in [4.69, 9.17) is 9.47 Å². The first-order chi connectivity index (χ1) is 12.9. The molecule has 1 saturated heterocycles. The first kappa shape index (κ1) is 19.0. The summed E-state index contributed by atoms with van der Waals surface area (Å²) in [5.41, 5.74) is 0.649. The molecule has 8 heteroatoms. The fraction of sp³-hybridized carbons (Fsp3) is 0.316. The average Bonchev–Trinajstić information content (AvgIpc) is 3.22. The second kappa shape index (κ2) is 7.87. The van der Waals surface area contributed by atoms with Gasteiger partial charge in [-0.1, -0.05) is 6.07 Å². The lowest BCUT2D eigenvalue weighted by atomic mass is 10.2. The van der Waals surface area contributed by atoms with Gasteiger partial charge in [-0.25, -0.2) is 8.42 Å². The van der Waals surface area contributed by atoms with Crippen molar-refractivity contribution in [1.82, 2.24) is 4.90 Å². The zero-order valence-corrected chi connectivity index (χ0v) is 16.1. The monoisotopic (exact) mass is 390 g/mol. The SMILES string of the molecule is COc1ccc(NS(=O)(=O)c2cccc(C(=O)N3CCCC3)c2)c(OC)c1. The van der Waals surface area contributed by atoms with Gasteiger partial charge in [0.2, 0.25) is 0 Å². The minimum Gasteiger partial charge on any atom is -0.497 e. The zero-order valence-electron chi connectivity index (χ0n) is 15.3. The van der Waals surface area contributed by atoms with Crippen molar-refractivity contribution in [3.05, 3.63) is 48.0 Å². The van der Waals surface area contributed by atoms with E-state index in [2.05, 4.69) is 4.72 Å².